The number of nitrogen functional groups attached to an aromatic ring is 1. The van der Waals surface area contributed by atoms with Crippen LogP contribution < -0.4 is 15.4 Å². The third kappa shape index (κ3) is 3.50. The van der Waals surface area contributed by atoms with Crippen molar-refractivity contribution >= 4 is 11.5 Å². The highest BCUT2D eigenvalue weighted by Gasteiger charge is 2.23. The Morgan fingerprint density at radius 3 is 2.53 bits per heavy atom. The minimum absolute atomic E-state index is 0.0626. The first-order chi connectivity index (χ1) is 8.95. The molecule has 5 heteroatoms. The third-order valence-corrected chi connectivity index (χ3v) is 2.97. The first kappa shape index (κ1) is 13.9. The van der Waals surface area contributed by atoms with Crippen LogP contribution in [-0.4, -0.2) is 36.4 Å². The van der Waals surface area contributed by atoms with Crippen molar-refractivity contribution in [2.24, 2.45) is 0 Å². The summed E-state index contributed by atoms with van der Waals surface area (Å²) in [6.07, 6.45) is 0.475. The maximum absolute atomic E-state index is 5.89. The summed E-state index contributed by atoms with van der Waals surface area (Å²) in [6.45, 7) is 9.75. The summed E-state index contributed by atoms with van der Waals surface area (Å²) in [5.41, 5.74) is 6.47. The van der Waals surface area contributed by atoms with Crippen LogP contribution >= 0.6 is 0 Å². The molecule has 1 aromatic heterocycles. The summed E-state index contributed by atoms with van der Waals surface area (Å²) in [5, 5.41) is 0. The number of hydrogen-bond donors (Lipinski definition) is 1. The Morgan fingerprint density at radius 1 is 1.32 bits per heavy atom. The van der Waals surface area contributed by atoms with Crippen LogP contribution in [-0.2, 0) is 4.74 Å². The first-order valence-corrected chi connectivity index (χ1v) is 6.79. The van der Waals surface area contributed by atoms with Gasteiger partial charge in [0.15, 0.2) is 0 Å². The molecule has 0 aromatic carbocycles. The Balaban J connectivity index is 2.20. The lowest BCUT2D eigenvalue weighted by Gasteiger charge is -2.36. The van der Waals surface area contributed by atoms with Gasteiger partial charge in [-0.1, -0.05) is 0 Å². The number of rotatable bonds is 3. The van der Waals surface area contributed by atoms with Gasteiger partial charge in [-0.15, -0.1) is 0 Å². The molecule has 2 unspecified atom stereocenters. The van der Waals surface area contributed by atoms with Crippen molar-refractivity contribution in [3.8, 4) is 5.88 Å². The van der Waals surface area contributed by atoms with Crippen molar-refractivity contribution in [2.75, 3.05) is 23.7 Å². The van der Waals surface area contributed by atoms with E-state index in [1.807, 2.05) is 26.0 Å². The van der Waals surface area contributed by atoms with Crippen LogP contribution in [0.3, 0.4) is 0 Å². The lowest BCUT2D eigenvalue weighted by atomic mass is 10.2. The molecule has 2 rings (SSSR count). The molecule has 0 saturated carbocycles. The van der Waals surface area contributed by atoms with E-state index in [1.165, 1.54) is 0 Å². The molecule has 1 saturated heterocycles. The minimum atomic E-state index is 0.0626. The molecule has 5 nitrogen and oxygen atoms in total. The molecule has 2 heterocycles. The fraction of sp³-hybridized carbons (Fsp3) is 0.643. The molecule has 0 spiro atoms. The van der Waals surface area contributed by atoms with Crippen molar-refractivity contribution in [3.05, 3.63) is 12.1 Å². The molecular weight excluding hydrogens is 242 g/mol. The van der Waals surface area contributed by atoms with Crippen molar-refractivity contribution in [1.29, 1.82) is 0 Å². The third-order valence-electron chi connectivity index (χ3n) is 2.97. The van der Waals surface area contributed by atoms with Crippen molar-refractivity contribution in [3.63, 3.8) is 0 Å². The Labute approximate surface area is 114 Å². The monoisotopic (exact) mass is 265 g/mol. The number of nitrogens with two attached hydrogens (primary N) is 1. The maximum Gasteiger partial charge on any atom is 0.239 e. The minimum Gasteiger partial charge on any atom is -0.473 e. The fourth-order valence-corrected chi connectivity index (χ4v) is 2.30. The molecule has 2 N–H and O–H groups in total. The molecule has 19 heavy (non-hydrogen) atoms. The van der Waals surface area contributed by atoms with Gasteiger partial charge in [0.2, 0.25) is 5.88 Å². The highest BCUT2D eigenvalue weighted by molar-refractivity contribution is 5.54. The van der Waals surface area contributed by atoms with E-state index in [9.17, 15) is 0 Å². The lowest BCUT2D eigenvalue weighted by molar-refractivity contribution is -0.00550. The average molecular weight is 265 g/mol. The molecule has 0 radical (unpaired) electrons. The number of pyridine rings is 1. The molecule has 106 valence electrons. The van der Waals surface area contributed by atoms with Gasteiger partial charge in [0.1, 0.15) is 5.82 Å². The van der Waals surface area contributed by atoms with Gasteiger partial charge in [0, 0.05) is 13.1 Å². The molecule has 2 atom stereocenters. The molecule has 0 aliphatic carbocycles. The largest absolute Gasteiger partial charge is 0.473 e. The van der Waals surface area contributed by atoms with Crippen LogP contribution in [0.15, 0.2) is 12.1 Å². The van der Waals surface area contributed by atoms with Gasteiger partial charge in [0.25, 0.3) is 0 Å². The normalized spacial score (nSPS) is 23.7. The van der Waals surface area contributed by atoms with E-state index in [4.69, 9.17) is 15.2 Å². The molecule has 1 aliphatic rings. The zero-order chi connectivity index (χ0) is 14.0. The van der Waals surface area contributed by atoms with Gasteiger partial charge in [-0.2, -0.15) is 4.98 Å². The number of nitrogens with zero attached hydrogens (tertiary/aromatic N) is 2. The van der Waals surface area contributed by atoms with Crippen LogP contribution in [0.25, 0.3) is 0 Å². The van der Waals surface area contributed by atoms with E-state index in [0.29, 0.717) is 11.6 Å². The van der Waals surface area contributed by atoms with E-state index < -0.39 is 0 Å². The standard InChI is InChI=1S/C14H23N3O2/c1-9(2)18-14-12(15)5-6-13(16-14)17-7-10(3)19-11(4)8-17/h5-6,9-11H,7-8,15H2,1-4H3. The van der Waals surface area contributed by atoms with E-state index in [0.717, 1.165) is 18.9 Å². The van der Waals surface area contributed by atoms with Crippen LogP contribution in [0.4, 0.5) is 11.5 Å². The van der Waals surface area contributed by atoms with Crippen molar-refractivity contribution in [2.45, 2.75) is 46.0 Å². The number of hydrogen-bond acceptors (Lipinski definition) is 5. The fourth-order valence-electron chi connectivity index (χ4n) is 2.30. The molecule has 1 fully saturated rings. The molecule has 0 bridgehead atoms. The predicted octanol–water partition coefficient (Wildman–Crippen LogP) is 2.06. The average Bonchev–Trinajstić information content (AvgIpc) is 2.30. The van der Waals surface area contributed by atoms with E-state index >= 15 is 0 Å². The van der Waals surface area contributed by atoms with Crippen LogP contribution in [0.5, 0.6) is 5.88 Å². The number of aromatic nitrogens is 1. The van der Waals surface area contributed by atoms with E-state index in [2.05, 4.69) is 23.7 Å². The van der Waals surface area contributed by atoms with Crippen LogP contribution in [0.2, 0.25) is 0 Å². The Bertz CT molecular complexity index is 427. The number of ether oxygens (including phenoxy) is 2. The van der Waals surface area contributed by atoms with E-state index in [1.54, 1.807) is 0 Å². The summed E-state index contributed by atoms with van der Waals surface area (Å²) < 4.78 is 11.4. The number of anilines is 2. The second-order valence-electron chi connectivity index (χ2n) is 5.39. The second kappa shape index (κ2) is 5.65. The molecule has 1 aromatic rings. The Morgan fingerprint density at radius 2 is 1.95 bits per heavy atom. The lowest BCUT2D eigenvalue weighted by Crippen LogP contribution is -2.45. The van der Waals surface area contributed by atoms with Gasteiger partial charge >= 0.3 is 0 Å². The highest BCUT2D eigenvalue weighted by Crippen LogP contribution is 2.26. The Kier molecular flexibility index (Phi) is 4.14. The quantitative estimate of drug-likeness (QED) is 0.906. The SMILES string of the molecule is CC(C)Oc1nc(N2CC(C)OC(C)C2)ccc1N. The van der Waals surface area contributed by atoms with Crippen molar-refractivity contribution in [1.82, 2.24) is 4.98 Å². The van der Waals surface area contributed by atoms with Gasteiger partial charge in [-0.25, -0.2) is 0 Å². The Hall–Kier alpha value is -1.49. The number of morpholine rings is 1. The summed E-state index contributed by atoms with van der Waals surface area (Å²) in [4.78, 5) is 6.74. The van der Waals surface area contributed by atoms with Crippen molar-refractivity contribution < 1.29 is 9.47 Å². The summed E-state index contributed by atoms with van der Waals surface area (Å²) >= 11 is 0. The summed E-state index contributed by atoms with van der Waals surface area (Å²) in [7, 11) is 0. The molecule has 0 amide bonds. The van der Waals surface area contributed by atoms with Gasteiger partial charge in [-0.05, 0) is 39.8 Å². The topological polar surface area (TPSA) is 60.6 Å². The van der Waals surface area contributed by atoms with Gasteiger partial charge in [-0.3, -0.25) is 0 Å². The maximum atomic E-state index is 5.89. The molecule has 1 aliphatic heterocycles. The summed E-state index contributed by atoms with van der Waals surface area (Å²) in [6, 6.07) is 3.79. The second-order valence-corrected chi connectivity index (χ2v) is 5.39. The van der Waals surface area contributed by atoms with Gasteiger partial charge in [0.05, 0.1) is 24.0 Å². The summed E-state index contributed by atoms with van der Waals surface area (Å²) in [5.74, 6) is 1.41. The zero-order valence-corrected chi connectivity index (χ0v) is 12.1. The zero-order valence-electron chi connectivity index (χ0n) is 12.1. The van der Waals surface area contributed by atoms with Gasteiger partial charge < -0.3 is 20.1 Å². The van der Waals surface area contributed by atoms with Crippen LogP contribution in [0, 0.1) is 0 Å². The smallest absolute Gasteiger partial charge is 0.239 e. The van der Waals surface area contributed by atoms with Crippen LogP contribution in [0.1, 0.15) is 27.7 Å². The predicted molar refractivity (Wildman–Crippen MR) is 76.6 cm³/mol. The first-order valence-electron chi connectivity index (χ1n) is 6.79. The van der Waals surface area contributed by atoms with E-state index in [-0.39, 0.29) is 18.3 Å². The molecular formula is C14H23N3O2. The highest BCUT2D eigenvalue weighted by atomic mass is 16.5.